The number of carbonyl (C=O) groups is 1. The van der Waals surface area contributed by atoms with Gasteiger partial charge in [-0.05, 0) is 55.0 Å². The van der Waals surface area contributed by atoms with Crippen molar-refractivity contribution < 1.29 is 9.53 Å². The highest BCUT2D eigenvalue weighted by Gasteiger charge is 1.98. The highest BCUT2D eigenvalue weighted by atomic mass is 16.5. The Morgan fingerprint density at radius 2 is 1.90 bits per heavy atom. The third kappa shape index (κ3) is 4.24. The second-order valence-electron chi connectivity index (χ2n) is 4.06. The standard InChI is InChI=1S/C16H16N2O2/c1-2-20-15-6-4-14(5-7-15)18-16(19)8-3-13-9-11-17-12-10-13/h3-12H,2H2,1H3,(H,18,19)/b8-3+. The van der Waals surface area contributed by atoms with Crippen LogP contribution in [0.5, 0.6) is 5.75 Å². The summed E-state index contributed by atoms with van der Waals surface area (Å²) in [5.74, 6) is 0.615. The van der Waals surface area contributed by atoms with Crippen LogP contribution in [0.2, 0.25) is 0 Å². The second kappa shape index (κ2) is 7.09. The Labute approximate surface area is 118 Å². The molecule has 0 aliphatic carbocycles. The van der Waals surface area contributed by atoms with E-state index in [0.717, 1.165) is 17.0 Å². The van der Waals surface area contributed by atoms with E-state index in [1.165, 1.54) is 6.08 Å². The molecule has 0 saturated heterocycles. The number of ether oxygens (including phenoxy) is 1. The number of aromatic nitrogens is 1. The molecule has 1 heterocycles. The monoisotopic (exact) mass is 268 g/mol. The molecule has 102 valence electrons. The first-order valence-electron chi connectivity index (χ1n) is 6.40. The predicted octanol–water partition coefficient (Wildman–Crippen LogP) is 3.13. The molecule has 0 aliphatic rings. The van der Waals surface area contributed by atoms with Crippen LogP contribution in [0.3, 0.4) is 0 Å². The maximum absolute atomic E-state index is 11.8. The van der Waals surface area contributed by atoms with Gasteiger partial charge in [0.25, 0.3) is 0 Å². The van der Waals surface area contributed by atoms with Crippen molar-refractivity contribution in [3.63, 3.8) is 0 Å². The summed E-state index contributed by atoms with van der Waals surface area (Å²) in [6, 6.07) is 10.9. The molecule has 1 N–H and O–H groups in total. The Morgan fingerprint density at radius 3 is 2.55 bits per heavy atom. The van der Waals surface area contributed by atoms with Gasteiger partial charge in [-0.1, -0.05) is 0 Å². The maximum atomic E-state index is 11.8. The number of nitrogens with one attached hydrogen (secondary N) is 1. The number of benzene rings is 1. The Hall–Kier alpha value is -2.62. The molecule has 0 bridgehead atoms. The van der Waals surface area contributed by atoms with Crippen LogP contribution in [0.1, 0.15) is 12.5 Å². The number of carbonyl (C=O) groups excluding carboxylic acids is 1. The topological polar surface area (TPSA) is 51.2 Å². The van der Waals surface area contributed by atoms with Gasteiger partial charge in [0.1, 0.15) is 5.75 Å². The molecule has 4 heteroatoms. The molecular weight excluding hydrogens is 252 g/mol. The molecule has 20 heavy (non-hydrogen) atoms. The van der Waals surface area contributed by atoms with E-state index in [9.17, 15) is 4.79 Å². The molecule has 0 radical (unpaired) electrons. The Bertz CT molecular complexity index is 577. The van der Waals surface area contributed by atoms with Gasteiger partial charge in [0.05, 0.1) is 6.61 Å². The first kappa shape index (κ1) is 13.8. The van der Waals surface area contributed by atoms with Crippen molar-refractivity contribution in [1.29, 1.82) is 0 Å². The van der Waals surface area contributed by atoms with Crippen LogP contribution < -0.4 is 10.1 Å². The molecule has 1 aromatic carbocycles. The Balaban J connectivity index is 1.92. The summed E-state index contributed by atoms with van der Waals surface area (Å²) in [4.78, 5) is 15.7. The number of amides is 1. The van der Waals surface area contributed by atoms with E-state index in [1.807, 2.05) is 43.3 Å². The van der Waals surface area contributed by atoms with Crippen LogP contribution in [0, 0.1) is 0 Å². The fraction of sp³-hybridized carbons (Fsp3) is 0.125. The van der Waals surface area contributed by atoms with E-state index in [-0.39, 0.29) is 5.91 Å². The highest BCUT2D eigenvalue weighted by molar-refractivity contribution is 6.01. The van der Waals surface area contributed by atoms with Crippen molar-refractivity contribution in [3.8, 4) is 5.75 Å². The molecule has 4 nitrogen and oxygen atoms in total. The van der Waals surface area contributed by atoms with Crippen molar-refractivity contribution in [3.05, 3.63) is 60.4 Å². The zero-order chi connectivity index (χ0) is 14.2. The summed E-state index contributed by atoms with van der Waals surface area (Å²) in [7, 11) is 0. The largest absolute Gasteiger partial charge is 0.494 e. The molecule has 0 unspecified atom stereocenters. The minimum Gasteiger partial charge on any atom is -0.494 e. The van der Waals surface area contributed by atoms with E-state index in [0.29, 0.717) is 6.61 Å². The second-order valence-corrected chi connectivity index (χ2v) is 4.06. The van der Waals surface area contributed by atoms with Gasteiger partial charge in [0, 0.05) is 24.2 Å². The first-order chi connectivity index (χ1) is 9.78. The maximum Gasteiger partial charge on any atom is 0.248 e. The molecular formula is C16H16N2O2. The lowest BCUT2D eigenvalue weighted by Gasteiger charge is -2.05. The lowest BCUT2D eigenvalue weighted by Crippen LogP contribution is -2.07. The Kier molecular flexibility index (Phi) is 4.89. The van der Waals surface area contributed by atoms with Crippen LogP contribution in [0.15, 0.2) is 54.9 Å². The molecule has 0 atom stereocenters. The summed E-state index contributed by atoms with van der Waals surface area (Å²) < 4.78 is 5.34. The summed E-state index contributed by atoms with van der Waals surface area (Å²) >= 11 is 0. The highest BCUT2D eigenvalue weighted by Crippen LogP contribution is 2.15. The van der Waals surface area contributed by atoms with E-state index in [2.05, 4.69) is 10.3 Å². The number of rotatable bonds is 5. The van der Waals surface area contributed by atoms with Crippen LogP contribution >= 0.6 is 0 Å². The van der Waals surface area contributed by atoms with Crippen molar-refractivity contribution in [2.45, 2.75) is 6.92 Å². The van der Waals surface area contributed by atoms with Crippen LogP contribution in [0.4, 0.5) is 5.69 Å². The van der Waals surface area contributed by atoms with E-state index >= 15 is 0 Å². The molecule has 2 aromatic rings. The fourth-order valence-corrected chi connectivity index (χ4v) is 1.63. The quantitative estimate of drug-likeness (QED) is 0.848. The van der Waals surface area contributed by atoms with Gasteiger partial charge >= 0.3 is 0 Å². The smallest absolute Gasteiger partial charge is 0.248 e. The average Bonchev–Trinajstić information content (AvgIpc) is 2.49. The molecule has 1 amide bonds. The van der Waals surface area contributed by atoms with Crippen molar-refractivity contribution in [1.82, 2.24) is 4.98 Å². The normalized spacial score (nSPS) is 10.4. The number of hydrogen-bond acceptors (Lipinski definition) is 3. The van der Waals surface area contributed by atoms with Crippen LogP contribution in [-0.2, 0) is 4.79 Å². The number of nitrogens with zero attached hydrogens (tertiary/aromatic N) is 1. The lowest BCUT2D eigenvalue weighted by molar-refractivity contribution is -0.111. The number of pyridine rings is 1. The minimum absolute atomic E-state index is 0.175. The minimum atomic E-state index is -0.175. The van der Waals surface area contributed by atoms with Gasteiger partial charge < -0.3 is 10.1 Å². The van der Waals surface area contributed by atoms with Crippen LogP contribution in [0.25, 0.3) is 6.08 Å². The molecule has 0 aliphatic heterocycles. The number of anilines is 1. The van der Waals surface area contributed by atoms with E-state index in [4.69, 9.17) is 4.74 Å². The lowest BCUT2D eigenvalue weighted by atomic mass is 10.2. The van der Waals surface area contributed by atoms with Gasteiger partial charge in [-0.3, -0.25) is 9.78 Å². The third-order valence-corrected chi connectivity index (χ3v) is 2.57. The van der Waals surface area contributed by atoms with E-state index in [1.54, 1.807) is 18.5 Å². The zero-order valence-corrected chi connectivity index (χ0v) is 11.2. The SMILES string of the molecule is CCOc1ccc(NC(=O)/C=C/c2ccncc2)cc1. The van der Waals surface area contributed by atoms with Gasteiger partial charge in [-0.25, -0.2) is 0 Å². The van der Waals surface area contributed by atoms with Crippen molar-refractivity contribution >= 4 is 17.7 Å². The number of hydrogen-bond donors (Lipinski definition) is 1. The Morgan fingerprint density at radius 1 is 1.20 bits per heavy atom. The summed E-state index contributed by atoms with van der Waals surface area (Å²) in [6.07, 6.45) is 6.60. The van der Waals surface area contributed by atoms with E-state index < -0.39 is 0 Å². The van der Waals surface area contributed by atoms with Gasteiger partial charge in [-0.2, -0.15) is 0 Å². The molecule has 1 aromatic heterocycles. The summed E-state index contributed by atoms with van der Waals surface area (Å²) in [6.45, 7) is 2.56. The van der Waals surface area contributed by atoms with Gasteiger partial charge in [0.15, 0.2) is 0 Å². The third-order valence-electron chi connectivity index (χ3n) is 2.57. The molecule has 0 fully saturated rings. The summed E-state index contributed by atoms with van der Waals surface area (Å²) in [5, 5.41) is 2.78. The van der Waals surface area contributed by atoms with Crippen LogP contribution in [-0.4, -0.2) is 17.5 Å². The fourth-order valence-electron chi connectivity index (χ4n) is 1.63. The zero-order valence-electron chi connectivity index (χ0n) is 11.2. The predicted molar refractivity (Wildman–Crippen MR) is 79.5 cm³/mol. The van der Waals surface area contributed by atoms with Gasteiger partial charge in [-0.15, -0.1) is 0 Å². The van der Waals surface area contributed by atoms with Crippen molar-refractivity contribution in [2.75, 3.05) is 11.9 Å². The summed E-state index contributed by atoms with van der Waals surface area (Å²) in [5.41, 5.74) is 1.67. The van der Waals surface area contributed by atoms with Crippen molar-refractivity contribution in [2.24, 2.45) is 0 Å². The van der Waals surface area contributed by atoms with Gasteiger partial charge in [0.2, 0.25) is 5.91 Å². The molecule has 0 spiro atoms. The first-order valence-corrected chi connectivity index (χ1v) is 6.40. The average molecular weight is 268 g/mol. The molecule has 2 rings (SSSR count). The molecule has 0 saturated carbocycles.